The topological polar surface area (TPSA) is 119 Å². The quantitative estimate of drug-likeness (QED) is 0.554. The number of nitrogens with two attached hydrogens (primary N) is 1. The molecule has 0 saturated carbocycles. The Balaban J connectivity index is 1.73. The van der Waals surface area contributed by atoms with Gasteiger partial charge < -0.3 is 11.1 Å². The van der Waals surface area contributed by atoms with Crippen LogP contribution in [0.15, 0.2) is 46.9 Å². The summed E-state index contributed by atoms with van der Waals surface area (Å²) < 4.78 is 0.403. The molecule has 0 spiro atoms. The molecule has 3 N–H and O–H groups in total. The number of rotatable bonds is 5. The zero-order chi connectivity index (χ0) is 19.6. The molecule has 3 rings (SSSR count). The molecule has 1 aliphatic heterocycles. The molecule has 0 aliphatic carbocycles. The van der Waals surface area contributed by atoms with E-state index in [1.165, 1.54) is 18.2 Å². The number of nitro groups is 1. The van der Waals surface area contributed by atoms with Gasteiger partial charge in [-0.25, -0.2) is 0 Å². The summed E-state index contributed by atoms with van der Waals surface area (Å²) in [5, 5.41) is 13.5. The van der Waals surface area contributed by atoms with Gasteiger partial charge in [-0.1, -0.05) is 24.3 Å². The maximum absolute atomic E-state index is 12.5. The van der Waals surface area contributed by atoms with Crippen molar-refractivity contribution < 1.29 is 14.5 Å². The van der Waals surface area contributed by atoms with Crippen LogP contribution >= 0.6 is 15.9 Å². The van der Waals surface area contributed by atoms with E-state index in [1.54, 1.807) is 4.90 Å². The van der Waals surface area contributed by atoms with Crippen LogP contribution in [0, 0.1) is 10.1 Å². The number of nitrogens with zero attached hydrogens (tertiary/aromatic N) is 2. The summed E-state index contributed by atoms with van der Waals surface area (Å²) in [4.78, 5) is 36.3. The third-order valence-corrected chi connectivity index (χ3v) is 5.11. The Kier molecular flexibility index (Phi) is 5.52. The number of nitrogens with one attached hydrogen (secondary N) is 1. The number of anilines is 1. The Hall–Kier alpha value is -2.78. The highest BCUT2D eigenvalue weighted by molar-refractivity contribution is 9.10. The van der Waals surface area contributed by atoms with Gasteiger partial charge in [0, 0.05) is 23.2 Å². The first-order chi connectivity index (χ1) is 12.8. The van der Waals surface area contributed by atoms with E-state index in [0.717, 1.165) is 11.1 Å². The minimum Gasteiger partial charge on any atom is -0.368 e. The van der Waals surface area contributed by atoms with E-state index < -0.39 is 16.9 Å². The van der Waals surface area contributed by atoms with Crippen LogP contribution in [0.5, 0.6) is 0 Å². The molecule has 27 heavy (non-hydrogen) atoms. The summed E-state index contributed by atoms with van der Waals surface area (Å²) in [6, 6.07) is 11.3. The standard InChI is InChI=1S/C18H17BrN4O4/c19-14-8-13(23(26)27)5-6-15(14)21-17(24)10-22-9-12-4-2-1-3-11(12)7-16(22)18(20)25/h1-6,8,16H,7,9-10H2,(H2,20,25)(H,21,24)/t16-/m0/s1. The predicted molar refractivity (Wildman–Crippen MR) is 103 cm³/mol. The zero-order valence-corrected chi connectivity index (χ0v) is 15.8. The molecule has 0 aromatic heterocycles. The number of hydrogen-bond donors (Lipinski definition) is 2. The van der Waals surface area contributed by atoms with Gasteiger partial charge in [0.1, 0.15) is 0 Å². The fourth-order valence-corrected chi connectivity index (χ4v) is 3.58. The number of carbonyl (C=O) groups is 2. The third kappa shape index (κ3) is 4.32. The molecule has 0 saturated heterocycles. The van der Waals surface area contributed by atoms with E-state index in [-0.39, 0.29) is 18.1 Å². The highest BCUT2D eigenvalue weighted by atomic mass is 79.9. The molecular formula is C18H17BrN4O4. The first-order valence-corrected chi connectivity index (χ1v) is 8.98. The molecular weight excluding hydrogens is 416 g/mol. The first-order valence-electron chi connectivity index (χ1n) is 8.19. The van der Waals surface area contributed by atoms with Gasteiger partial charge >= 0.3 is 0 Å². The van der Waals surface area contributed by atoms with Crippen molar-refractivity contribution >= 4 is 39.1 Å². The van der Waals surface area contributed by atoms with Gasteiger partial charge in [-0.15, -0.1) is 0 Å². The number of hydrogen-bond acceptors (Lipinski definition) is 5. The highest BCUT2D eigenvalue weighted by Crippen LogP contribution is 2.27. The average molecular weight is 433 g/mol. The van der Waals surface area contributed by atoms with Gasteiger partial charge in [0.15, 0.2) is 0 Å². The maximum Gasteiger partial charge on any atom is 0.270 e. The van der Waals surface area contributed by atoms with Crippen LogP contribution in [0.3, 0.4) is 0 Å². The number of fused-ring (bicyclic) bond motifs is 1. The summed E-state index contributed by atoms with van der Waals surface area (Å²) in [6.45, 7) is 0.421. The molecule has 2 amide bonds. The number of nitro benzene ring substituents is 1. The van der Waals surface area contributed by atoms with Crippen molar-refractivity contribution in [3.63, 3.8) is 0 Å². The molecule has 2 aromatic carbocycles. The lowest BCUT2D eigenvalue weighted by Crippen LogP contribution is -2.50. The van der Waals surface area contributed by atoms with Crippen molar-refractivity contribution in [3.8, 4) is 0 Å². The summed E-state index contributed by atoms with van der Waals surface area (Å²) in [5.41, 5.74) is 7.97. The molecule has 1 aliphatic rings. The van der Waals surface area contributed by atoms with E-state index in [9.17, 15) is 19.7 Å². The molecule has 0 fully saturated rings. The lowest BCUT2D eigenvalue weighted by molar-refractivity contribution is -0.384. The van der Waals surface area contributed by atoms with Crippen LogP contribution in [0.25, 0.3) is 0 Å². The van der Waals surface area contributed by atoms with Crippen molar-refractivity contribution in [1.82, 2.24) is 4.90 Å². The number of benzene rings is 2. The van der Waals surface area contributed by atoms with Gasteiger partial charge in [0.2, 0.25) is 11.8 Å². The van der Waals surface area contributed by atoms with Crippen molar-refractivity contribution in [3.05, 3.63) is 68.2 Å². The van der Waals surface area contributed by atoms with Crippen LogP contribution in [0.1, 0.15) is 11.1 Å². The second-order valence-corrected chi connectivity index (χ2v) is 7.12. The van der Waals surface area contributed by atoms with Crippen LogP contribution in [0.4, 0.5) is 11.4 Å². The van der Waals surface area contributed by atoms with Crippen LogP contribution in [0.2, 0.25) is 0 Å². The Bertz CT molecular complexity index is 918. The Morgan fingerprint density at radius 2 is 1.96 bits per heavy atom. The minimum absolute atomic E-state index is 0.0225. The van der Waals surface area contributed by atoms with Crippen LogP contribution in [-0.4, -0.2) is 34.2 Å². The Morgan fingerprint density at radius 3 is 2.59 bits per heavy atom. The molecule has 0 unspecified atom stereocenters. The predicted octanol–water partition coefficient (Wildman–Crippen LogP) is 2.21. The van der Waals surface area contributed by atoms with Gasteiger partial charge in [0.25, 0.3) is 5.69 Å². The molecule has 0 radical (unpaired) electrons. The molecule has 8 nitrogen and oxygen atoms in total. The third-order valence-electron chi connectivity index (χ3n) is 4.46. The minimum atomic E-state index is -0.564. The Labute approximate surface area is 163 Å². The maximum atomic E-state index is 12.5. The SMILES string of the molecule is NC(=O)[C@@H]1Cc2ccccc2CN1CC(=O)Nc1ccc([N+](=O)[O-])cc1Br. The molecule has 9 heteroatoms. The van der Waals surface area contributed by atoms with E-state index in [2.05, 4.69) is 21.2 Å². The fraction of sp³-hybridized carbons (Fsp3) is 0.222. The van der Waals surface area contributed by atoms with Crippen molar-refractivity contribution in [2.45, 2.75) is 19.0 Å². The van der Waals surface area contributed by atoms with Gasteiger partial charge in [-0.2, -0.15) is 0 Å². The monoisotopic (exact) mass is 432 g/mol. The van der Waals surface area contributed by atoms with Crippen LogP contribution in [-0.2, 0) is 22.6 Å². The van der Waals surface area contributed by atoms with E-state index in [0.29, 0.717) is 23.1 Å². The number of carbonyl (C=O) groups excluding carboxylic acids is 2. The molecule has 140 valence electrons. The first kappa shape index (κ1) is 19.0. The van der Waals surface area contributed by atoms with Gasteiger partial charge in [0.05, 0.1) is 23.2 Å². The van der Waals surface area contributed by atoms with Crippen molar-refractivity contribution in [1.29, 1.82) is 0 Å². The number of amides is 2. The molecule has 2 aromatic rings. The fourth-order valence-electron chi connectivity index (χ4n) is 3.12. The normalized spacial score (nSPS) is 16.4. The summed E-state index contributed by atoms with van der Waals surface area (Å²) >= 11 is 3.22. The second-order valence-electron chi connectivity index (χ2n) is 6.27. The second kappa shape index (κ2) is 7.85. The molecule has 1 atom stereocenters. The Morgan fingerprint density at radius 1 is 1.26 bits per heavy atom. The van der Waals surface area contributed by atoms with Gasteiger partial charge in [-0.3, -0.25) is 24.6 Å². The number of non-ortho nitro benzene ring substituents is 1. The molecule has 1 heterocycles. The van der Waals surface area contributed by atoms with Crippen molar-refractivity contribution in [2.24, 2.45) is 5.73 Å². The van der Waals surface area contributed by atoms with Crippen LogP contribution < -0.4 is 11.1 Å². The summed E-state index contributed by atoms with van der Waals surface area (Å²) in [6.07, 6.45) is 0.458. The van der Waals surface area contributed by atoms with E-state index >= 15 is 0 Å². The zero-order valence-electron chi connectivity index (χ0n) is 14.2. The summed E-state index contributed by atoms with van der Waals surface area (Å²) in [5.74, 6) is -0.816. The van der Waals surface area contributed by atoms with E-state index in [4.69, 9.17) is 5.73 Å². The summed E-state index contributed by atoms with van der Waals surface area (Å²) in [7, 11) is 0. The smallest absolute Gasteiger partial charge is 0.270 e. The lowest BCUT2D eigenvalue weighted by Gasteiger charge is -2.34. The molecule has 0 bridgehead atoms. The highest BCUT2D eigenvalue weighted by Gasteiger charge is 2.31. The average Bonchev–Trinajstić information content (AvgIpc) is 2.62. The van der Waals surface area contributed by atoms with E-state index in [1.807, 2.05) is 24.3 Å². The van der Waals surface area contributed by atoms with Gasteiger partial charge in [-0.05, 0) is 39.5 Å². The number of halogens is 1. The number of primary amides is 1. The lowest BCUT2D eigenvalue weighted by atomic mass is 9.93. The van der Waals surface area contributed by atoms with Crippen molar-refractivity contribution in [2.75, 3.05) is 11.9 Å². The largest absolute Gasteiger partial charge is 0.368 e.